The fraction of sp³-hybridized carbons (Fsp3) is 0.353. The summed E-state index contributed by atoms with van der Waals surface area (Å²) < 4.78 is 11.1. The summed E-state index contributed by atoms with van der Waals surface area (Å²) in [5.41, 5.74) is 3.34. The number of rotatable bonds is 9. The number of nitrogens with zero attached hydrogens (tertiary/aromatic N) is 2. The van der Waals surface area contributed by atoms with Gasteiger partial charge in [-0.25, -0.2) is 5.10 Å². The maximum atomic E-state index is 11.3. The Hall–Kier alpha value is -2.54. The zero-order valence-electron chi connectivity index (χ0n) is 14.2. The SMILES string of the molecule is CCCCCOc1ccc(/C=N/Nc2cn[nH]c(=O)c2Cl)cc1OC. The predicted molar refractivity (Wildman–Crippen MR) is 99.1 cm³/mol. The van der Waals surface area contributed by atoms with E-state index in [9.17, 15) is 4.79 Å². The highest BCUT2D eigenvalue weighted by atomic mass is 35.5. The van der Waals surface area contributed by atoms with Crippen LogP contribution in [-0.2, 0) is 0 Å². The molecule has 0 saturated carbocycles. The average Bonchev–Trinajstić information content (AvgIpc) is 2.63. The molecule has 0 aliphatic rings. The first-order valence-electron chi connectivity index (χ1n) is 7.98. The number of H-pyrrole nitrogens is 1. The van der Waals surface area contributed by atoms with Crippen molar-refractivity contribution in [2.75, 3.05) is 19.1 Å². The van der Waals surface area contributed by atoms with Crippen LogP contribution in [-0.4, -0.2) is 30.1 Å². The molecule has 1 aromatic carbocycles. The summed E-state index contributed by atoms with van der Waals surface area (Å²) in [6, 6.07) is 5.52. The van der Waals surface area contributed by atoms with Crippen LogP contribution < -0.4 is 20.5 Å². The van der Waals surface area contributed by atoms with E-state index in [4.69, 9.17) is 21.1 Å². The molecule has 2 aromatic rings. The van der Waals surface area contributed by atoms with Crippen molar-refractivity contribution in [3.8, 4) is 11.5 Å². The lowest BCUT2D eigenvalue weighted by Gasteiger charge is -2.11. The second-order valence-electron chi connectivity index (χ2n) is 5.26. The number of methoxy groups -OCH3 is 1. The molecular weight excluding hydrogens is 344 g/mol. The molecular formula is C17H21ClN4O3. The summed E-state index contributed by atoms with van der Waals surface area (Å²) in [6.07, 6.45) is 6.27. The summed E-state index contributed by atoms with van der Waals surface area (Å²) in [6.45, 7) is 2.81. The van der Waals surface area contributed by atoms with E-state index in [1.165, 1.54) is 6.20 Å². The highest BCUT2D eigenvalue weighted by molar-refractivity contribution is 6.32. The average molecular weight is 365 g/mol. The van der Waals surface area contributed by atoms with Gasteiger partial charge in [0.1, 0.15) is 10.7 Å². The van der Waals surface area contributed by atoms with Crippen molar-refractivity contribution >= 4 is 23.5 Å². The minimum atomic E-state index is -0.479. The number of aromatic amines is 1. The number of nitrogens with one attached hydrogen (secondary N) is 2. The van der Waals surface area contributed by atoms with Crippen LogP contribution >= 0.6 is 11.6 Å². The second kappa shape index (κ2) is 9.68. The molecule has 0 atom stereocenters. The number of halogens is 1. The van der Waals surface area contributed by atoms with Gasteiger partial charge in [0.2, 0.25) is 0 Å². The number of ether oxygens (including phenoxy) is 2. The lowest BCUT2D eigenvalue weighted by Crippen LogP contribution is -2.10. The van der Waals surface area contributed by atoms with Crippen LogP contribution in [0, 0.1) is 0 Å². The fourth-order valence-corrected chi connectivity index (χ4v) is 2.19. The van der Waals surface area contributed by atoms with Gasteiger partial charge in [0.25, 0.3) is 5.56 Å². The Morgan fingerprint density at radius 2 is 2.20 bits per heavy atom. The highest BCUT2D eigenvalue weighted by Gasteiger charge is 2.06. The molecule has 0 saturated heterocycles. The Balaban J connectivity index is 2.02. The molecule has 7 nitrogen and oxygen atoms in total. The fourth-order valence-electron chi connectivity index (χ4n) is 2.06. The smallest absolute Gasteiger partial charge is 0.285 e. The van der Waals surface area contributed by atoms with Gasteiger partial charge in [-0.15, -0.1) is 0 Å². The second-order valence-corrected chi connectivity index (χ2v) is 5.64. The maximum absolute atomic E-state index is 11.3. The number of hydrogen-bond donors (Lipinski definition) is 2. The van der Waals surface area contributed by atoms with Gasteiger partial charge in [-0.1, -0.05) is 31.4 Å². The Bertz CT molecular complexity index is 777. The third-order valence-electron chi connectivity index (χ3n) is 3.39. The maximum Gasteiger partial charge on any atom is 0.285 e. The predicted octanol–water partition coefficient (Wildman–Crippen LogP) is 3.45. The number of aromatic nitrogens is 2. The van der Waals surface area contributed by atoms with Crippen LogP contribution in [0.4, 0.5) is 5.69 Å². The molecule has 0 aliphatic heterocycles. The van der Waals surface area contributed by atoms with Crippen LogP contribution in [0.25, 0.3) is 0 Å². The molecule has 0 radical (unpaired) electrons. The summed E-state index contributed by atoms with van der Waals surface area (Å²) in [5.74, 6) is 1.34. The first-order valence-corrected chi connectivity index (χ1v) is 8.36. The monoisotopic (exact) mass is 364 g/mol. The van der Waals surface area contributed by atoms with Gasteiger partial charge in [0.05, 0.1) is 26.1 Å². The van der Waals surface area contributed by atoms with E-state index >= 15 is 0 Å². The quantitative estimate of drug-likeness (QED) is 0.404. The largest absolute Gasteiger partial charge is 0.493 e. The van der Waals surface area contributed by atoms with Gasteiger partial charge < -0.3 is 9.47 Å². The van der Waals surface area contributed by atoms with Gasteiger partial charge in [-0.3, -0.25) is 10.2 Å². The lowest BCUT2D eigenvalue weighted by molar-refractivity contribution is 0.286. The molecule has 0 aliphatic carbocycles. The molecule has 8 heteroatoms. The number of benzene rings is 1. The van der Waals surface area contributed by atoms with E-state index in [-0.39, 0.29) is 5.02 Å². The molecule has 0 bridgehead atoms. The third-order valence-corrected chi connectivity index (χ3v) is 3.76. The number of hydrazone groups is 1. The normalized spacial score (nSPS) is 10.8. The molecule has 25 heavy (non-hydrogen) atoms. The molecule has 134 valence electrons. The van der Waals surface area contributed by atoms with E-state index in [2.05, 4.69) is 27.6 Å². The Labute approximate surface area is 151 Å². The van der Waals surface area contributed by atoms with Crippen LogP contribution in [0.2, 0.25) is 5.02 Å². The molecule has 1 heterocycles. The number of hydrogen-bond acceptors (Lipinski definition) is 6. The zero-order valence-corrected chi connectivity index (χ0v) is 15.0. The van der Waals surface area contributed by atoms with Crippen LogP contribution in [0.1, 0.15) is 31.7 Å². The molecule has 1 aromatic heterocycles. The van der Waals surface area contributed by atoms with E-state index in [0.29, 0.717) is 23.8 Å². The number of unbranched alkanes of at least 4 members (excludes halogenated alkanes) is 2. The van der Waals surface area contributed by atoms with Gasteiger partial charge in [0, 0.05) is 0 Å². The van der Waals surface area contributed by atoms with Crippen molar-refractivity contribution in [1.29, 1.82) is 0 Å². The first kappa shape index (κ1) is 18.8. The first-order chi connectivity index (χ1) is 12.2. The summed E-state index contributed by atoms with van der Waals surface area (Å²) in [5, 5.41) is 9.95. The number of anilines is 1. The van der Waals surface area contributed by atoms with Crippen molar-refractivity contribution in [2.24, 2.45) is 5.10 Å². The molecule has 2 rings (SSSR count). The van der Waals surface area contributed by atoms with Gasteiger partial charge >= 0.3 is 0 Å². The third kappa shape index (κ3) is 5.49. The lowest BCUT2D eigenvalue weighted by atomic mass is 10.2. The zero-order chi connectivity index (χ0) is 18.1. The van der Waals surface area contributed by atoms with Gasteiger partial charge in [-0.05, 0) is 30.2 Å². The topological polar surface area (TPSA) is 88.6 Å². The summed E-state index contributed by atoms with van der Waals surface area (Å²) >= 11 is 5.86. The summed E-state index contributed by atoms with van der Waals surface area (Å²) in [7, 11) is 1.59. The van der Waals surface area contributed by atoms with Crippen molar-refractivity contribution in [3.63, 3.8) is 0 Å². The molecule has 0 fully saturated rings. The molecule has 0 unspecified atom stereocenters. The Morgan fingerprint density at radius 3 is 2.96 bits per heavy atom. The van der Waals surface area contributed by atoms with Crippen LogP contribution in [0.3, 0.4) is 0 Å². The minimum Gasteiger partial charge on any atom is -0.493 e. The Morgan fingerprint density at radius 1 is 1.36 bits per heavy atom. The molecule has 0 spiro atoms. The van der Waals surface area contributed by atoms with Gasteiger partial charge in [-0.2, -0.15) is 10.2 Å². The van der Waals surface area contributed by atoms with Crippen molar-refractivity contribution in [2.45, 2.75) is 26.2 Å². The van der Waals surface area contributed by atoms with Crippen LogP contribution in [0.15, 0.2) is 34.3 Å². The summed E-state index contributed by atoms with van der Waals surface area (Å²) in [4.78, 5) is 11.3. The Kier molecular flexibility index (Phi) is 7.28. The highest BCUT2D eigenvalue weighted by Crippen LogP contribution is 2.27. The van der Waals surface area contributed by atoms with Crippen LogP contribution in [0.5, 0.6) is 11.5 Å². The molecule has 0 amide bonds. The minimum absolute atomic E-state index is 0.000516. The van der Waals surface area contributed by atoms with E-state index in [0.717, 1.165) is 24.8 Å². The molecule has 2 N–H and O–H groups in total. The van der Waals surface area contributed by atoms with Crippen molar-refractivity contribution < 1.29 is 9.47 Å². The standard InChI is InChI=1S/C17H21ClN4O3/c1-3-4-5-8-25-14-7-6-12(9-15(14)24-2)10-19-21-13-11-20-22-17(23)16(13)18/h6-7,9-11H,3-5,8H2,1-2H3,(H2,21,22,23)/b19-10+. The van der Waals surface area contributed by atoms with Crippen molar-refractivity contribution in [3.05, 3.63) is 45.3 Å². The van der Waals surface area contributed by atoms with E-state index in [1.807, 2.05) is 18.2 Å². The van der Waals surface area contributed by atoms with E-state index in [1.54, 1.807) is 13.3 Å². The van der Waals surface area contributed by atoms with Gasteiger partial charge in [0.15, 0.2) is 11.5 Å². The van der Waals surface area contributed by atoms with Crippen molar-refractivity contribution in [1.82, 2.24) is 10.2 Å². The van der Waals surface area contributed by atoms with E-state index < -0.39 is 5.56 Å².